The molecule has 1 rings (SSSR count). The van der Waals surface area contributed by atoms with Crippen molar-refractivity contribution < 1.29 is 4.79 Å². The van der Waals surface area contributed by atoms with E-state index in [-0.39, 0.29) is 11.9 Å². The lowest BCUT2D eigenvalue weighted by atomic mass is 10.1. The number of nitrogens with zero attached hydrogens (tertiary/aromatic N) is 2. The van der Waals surface area contributed by atoms with Gasteiger partial charge in [-0.1, -0.05) is 0 Å². The third-order valence-electron chi connectivity index (χ3n) is 3.69. The Morgan fingerprint density at radius 3 is 2.47 bits per heavy atom. The van der Waals surface area contributed by atoms with Crippen molar-refractivity contribution in [3.8, 4) is 0 Å². The van der Waals surface area contributed by atoms with Crippen molar-refractivity contribution in [1.29, 1.82) is 0 Å². The normalized spacial score (nSPS) is 24.6. The van der Waals surface area contributed by atoms with E-state index >= 15 is 0 Å². The Hall–Kier alpha value is -0.610. The smallest absolute Gasteiger partial charge is 0.239 e. The fraction of sp³-hybridized carbons (Fsp3) is 0.923. The summed E-state index contributed by atoms with van der Waals surface area (Å²) in [7, 11) is 5.80. The molecule has 2 unspecified atom stereocenters. The van der Waals surface area contributed by atoms with Gasteiger partial charge < -0.3 is 15.1 Å². The van der Waals surface area contributed by atoms with Crippen LogP contribution in [0.15, 0.2) is 0 Å². The highest BCUT2D eigenvalue weighted by Crippen LogP contribution is 2.16. The van der Waals surface area contributed by atoms with Crippen LogP contribution in [0.1, 0.15) is 33.1 Å². The average molecular weight is 241 g/mol. The van der Waals surface area contributed by atoms with E-state index in [1.54, 1.807) is 4.90 Å². The van der Waals surface area contributed by atoms with Gasteiger partial charge in [0.25, 0.3) is 0 Å². The van der Waals surface area contributed by atoms with Crippen molar-refractivity contribution >= 4 is 5.91 Å². The first-order valence-corrected chi connectivity index (χ1v) is 6.59. The molecule has 0 saturated carbocycles. The fourth-order valence-electron chi connectivity index (χ4n) is 2.17. The number of rotatable bonds is 5. The zero-order valence-electron chi connectivity index (χ0n) is 11.9. The Kier molecular flexibility index (Phi) is 5.40. The summed E-state index contributed by atoms with van der Waals surface area (Å²) in [6.45, 7) is 5.51. The van der Waals surface area contributed by atoms with Crippen LogP contribution >= 0.6 is 0 Å². The lowest BCUT2D eigenvalue weighted by molar-refractivity contribution is -0.130. The van der Waals surface area contributed by atoms with Gasteiger partial charge in [0.15, 0.2) is 0 Å². The second kappa shape index (κ2) is 6.36. The van der Waals surface area contributed by atoms with Gasteiger partial charge >= 0.3 is 0 Å². The molecule has 1 saturated heterocycles. The van der Waals surface area contributed by atoms with Gasteiger partial charge in [-0.2, -0.15) is 0 Å². The van der Waals surface area contributed by atoms with Crippen molar-refractivity contribution in [2.45, 2.75) is 51.2 Å². The van der Waals surface area contributed by atoms with Crippen molar-refractivity contribution in [1.82, 2.24) is 15.1 Å². The zero-order valence-corrected chi connectivity index (χ0v) is 11.9. The van der Waals surface area contributed by atoms with E-state index in [1.165, 1.54) is 0 Å². The quantitative estimate of drug-likeness (QED) is 0.777. The summed E-state index contributed by atoms with van der Waals surface area (Å²) in [5.41, 5.74) is 0. The van der Waals surface area contributed by atoms with Crippen LogP contribution in [0, 0.1) is 0 Å². The van der Waals surface area contributed by atoms with Crippen LogP contribution in [0.4, 0.5) is 0 Å². The van der Waals surface area contributed by atoms with E-state index in [0.717, 1.165) is 25.8 Å². The molecule has 1 N–H and O–H groups in total. The first-order valence-electron chi connectivity index (χ1n) is 6.59. The van der Waals surface area contributed by atoms with Crippen molar-refractivity contribution in [2.75, 3.05) is 27.7 Å². The van der Waals surface area contributed by atoms with Gasteiger partial charge in [0.05, 0.1) is 6.04 Å². The minimum absolute atomic E-state index is 0.0411. The molecular weight excluding hydrogens is 214 g/mol. The molecule has 0 aliphatic carbocycles. The molecule has 0 spiro atoms. The highest BCUT2D eigenvalue weighted by Gasteiger charge is 2.29. The van der Waals surface area contributed by atoms with Gasteiger partial charge in [0, 0.05) is 26.2 Å². The number of carbonyl (C=O) groups is 1. The first-order chi connectivity index (χ1) is 7.91. The van der Waals surface area contributed by atoms with Crippen LogP contribution in [0.2, 0.25) is 0 Å². The van der Waals surface area contributed by atoms with Gasteiger partial charge in [0.1, 0.15) is 0 Å². The van der Waals surface area contributed by atoms with Gasteiger partial charge in [-0.25, -0.2) is 0 Å². The summed E-state index contributed by atoms with van der Waals surface area (Å²) in [6.07, 6.45) is 3.23. The fourth-order valence-corrected chi connectivity index (χ4v) is 2.17. The Bertz CT molecular complexity index is 253. The van der Waals surface area contributed by atoms with E-state index in [9.17, 15) is 4.79 Å². The molecule has 2 atom stereocenters. The van der Waals surface area contributed by atoms with Crippen LogP contribution in [0.5, 0.6) is 0 Å². The van der Waals surface area contributed by atoms with Gasteiger partial charge in [0.2, 0.25) is 5.91 Å². The third-order valence-corrected chi connectivity index (χ3v) is 3.69. The number of amides is 1. The van der Waals surface area contributed by atoms with Crippen LogP contribution in [0.3, 0.4) is 0 Å². The Morgan fingerprint density at radius 1 is 1.29 bits per heavy atom. The second-order valence-corrected chi connectivity index (χ2v) is 5.59. The molecule has 4 heteroatoms. The number of likely N-dealkylation sites (N-methyl/N-ethyl adjacent to an activating group) is 1. The summed E-state index contributed by atoms with van der Waals surface area (Å²) in [6, 6.07) is 1.14. The molecule has 1 heterocycles. The molecule has 1 aliphatic rings. The summed E-state index contributed by atoms with van der Waals surface area (Å²) < 4.78 is 0. The van der Waals surface area contributed by atoms with Gasteiger partial charge in [-0.05, 0) is 46.7 Å². The van der Waals surface area contributed by atoms with E-state index in [2.05, 4.69) is 31.1 Å². The molecule has 0 radical (unpaired) electrons. The van der Waals surface area contributed by atoms with Gasteiger partial charge in [-0.15, -0.1) is 0 Å². The Labute approximate surface area is 105 Å². The molecule has 0 aromatic carbocycles. The van der Waals surface area contributed by atoms with Crippen molar-refractivity contribution in [3.63, 3.8) is 0 Å². The van der Waals surface area contributed by atoms with Crippen LogP contribution in [-0.2, 0) is 4.79 Å². The third kappa shape index (κ3) is 4.28. The molecule has 0 aromatic rings. The standard InChI is InChI=1S/C13H27N3O/c1-10(2)16(5)9-8-11-6-7-12(14-11)13(17)15(3)4/h10-12,14H,6-9H2,1-5H3. The average Bonchev–Trinajstić information content (AvgIpc) is 2.72. The predicted molar refractivity (Wildman–Crippen MR) is 71.0 cm³/mol. The summed E-state index contributed by atoms with van der Waals surface area (Å²) in [5.74, 6) is 0.213. The molecule has 0 bridgehead atoms. The number of hydrogen-bond donors (Lipinski definition) is 1. The Balaban J connectivity index is 2.29. The largest absolute Gasteiger partial charge is 0.347 e. The second-order valence-electron chi connectivity index (χ2n) is 5.59. The Morgan fingerprint density at radius 2 is 1.94 bits per heavy atom. The minimum Gasteiger partial charge on any atom is -0.347 e. The van der Waals surface area contributed by atoms with Crippen LogP contribution in [0.25, 0.3) is 0 Å². The molecule has 100 valence electrons. The lowest BCUT2D eigenvalue weighted by Gasteiger charge is -2.23. The highest BCUT2D eigenvalue weighted by atomic mass is 16.2. The van der Waals surface area contributed by atoms with Crippen LogP contribution in [-0.4, -0.2) is 61.5 Å². The first kappa shape index (κ1) is 14.5. The maximum Gasteiger partial charge on any atom is 0.239 e. The monoisotopic (exact) mass is 241 g/mol. The molecule has 4 nitrogen and oxygen atoms in total. The minimum atomic E-state index is 0.0411. The van der Waals surface area contributed by atoms with E-state index in [1.807, 2.05) is 14.1 Å². The summed E-state index contributed by atoms with van der Waals surface area (Å²) >= 11 is 0. The molecular formula is C13H27N3O. The number of nitrogens with one attached hydrogen (secondary N) is 1. The molecule has 17 heavy (non-hydrogen) atoms. The number of carbonyl (C=O) groups excluding carboxylic acids is 1. The highest BCUT2D eigenvalue weighted by molar-refractivity contribution is 5.81. The molecule has 1 aliphatic heterocycles. The maximum atomic E-state index is 11.8. The van der Waals surface area contributed by atoms with Crippen LogP contribution < -0.4 is 5.32 Å². The molecule has 1 amide bonds. The lowest BCUT2D eigenvalue weighted by Crippen LogP contribution is -2.43. The predicted octanol–water partition coefficient (Wildman–Crippen LogP) is 0.926. The van der Waals surface area contributed by atoms with Crippen molar-refractivity contribution in [3.05, 3.63) is 0 Å². The number of hydrogen-bond acceptors (Lipinski definition) is 3. The summed E-state index contributed by atoms with van der Waals surface area (Å²) in [5, 5.41) is 3.45. The SMILES string of the molecule is CC(C)N(C)CCC1CCC(C(=O)N(C)C)N1. The van der Waals surface area contributed by atoms with Gasteiger partial charge in [-0.3, -0.25) is 4.79 Å². The molecule has 0 aromatic heterocycles. The maximum absolute atomic E-state index is 11.8. The summed E-state index contributed by atoms with van der Waals surface area (Å²) in [4.78, 5) is 15.8. The van der Waals surface area contributed by atoms with E-state index < -0.39 is 0 Å². The molecule has 1 fully saturated rings. The zero-order chi connectivity index (χ0) is 13.0. The van der Waals surface area contributed by atoms with E-state index in [0.29, 0.717) is 12.1 Å². The van der Waals surface area contributed by atoms with Crippen molar-refractivity contribution in [2.24, 2.45) is 0 Å². The topological polar surface area (TPSA) is 35.6 Å². The van der Waals surface area contributed by atoms with E-state index in [4.69, 9.17) is 0 Å².